The monoisotopic (exact) mass is 612 g/mol. The summed E-state index contributed by atoms with van der Waals surface area (Å²) in [5.41, 5.74) is 12.6. The predicted octanol–water partition coefficient (Wildman–Crippen LogP) is 9.38. The summed E-state index contributed by atoms with van der Waals surface area (Å²) in [6.45, 7) is 0.0427. The number of fused-ring (bicyclic) bond motifs is 6. The third-order valence-electron chi connectivity index (χ3n) is 9.16. The highest BCUT2D eigenvalue weighted by Gasteiger charge is 2.34. The van der Waals surface area contributed by atoms with E-state index in [0.29, 0.717) is 17.5 Å². The molecule has 1 aromatic heterocycles. The van der Waals surface area contributed by atoms with Gasteiger partial charge in [0.2, 0.25) is 0 Å². The maximum absolute atomic E-state index is 5.00. The van der Waals surface area contributed by atoms with Gasteiger partial charge in [0, 0.05) is 34.2 Å². The zero-order chi connectivity index (χ0) is 31.9. The third kappa shape index (κ3) is 4.93. The van der Waals surface area contributed by atoms with Crippen molar-refractivity contribution in [2.75, 3.05) is 4.81 Å². The standard InChI is InChI=1S/C43H29BN4/c1-4-14-30(15-5-1)35-20-10-11-21-36(35)33-24-25-39-38(28-33)37-22-12-13-23-40(37)48-29-34(26-27-44(39)48)43-46-41(31-16-6-2-7-17-31)45-42(47-43)32-18-8-3-9-19-32/h1-29H. The Balaban J connectivity index is 1.15. The molecular formula is C43H29BN4. The molecule has 0 atom stereocenters. The van der Waals surface area contributed by atoms with Gasteiger partial charge in [0.15, 0.2) is 17.5 Å². The van der Waals surface area contributed by atoms with Crippen LogP contribution >= 0.6 is 0 Å². The van der Waals surface area contributed by atoms with E-state index in [2.05, 4.69) is 120 Å². The molecule has 0 aliphatic carbocycles. The molecule has 0 fully saturated rings. The van der Waals surface area contributed by atoms with Crippen molar-refractivity contribution in [3.63, 3.8) is 0 Å². The van der Waals surface area contributed by atoms with Gasteiger partial charge in [-0.25, -0.2) is 15.0 Å². The minimum atomic E-state index is 0.0427. The number of aromatic nitrogens is 3. The van der Waals surface area contributed by atoms with Gasteiger partial charge in [0.25, 0.3) is 0 Å². The quantitative estimate of drug-likeness (QED) is 0.182. The molecule has 0 radical (unpaired) electrons. The fourth-order valence-electron chi connectivity index (χ4n) is 6.85. The molecule has 0 saturated carbocycles. The van der Waals surface area contributed by atoms with Gasteiger partial charge in [-0.05, 0) is 45.4 Å². The Morgan fingerprint density at radius 2 is 0.938 bits per heavy atom. The Morgan fingerprint density at radius 3 is 1.58 bits per heavy atom. The smallest absolute Gasteiger partial charge is 0.320 e. The first kappa shape index (κ1) is 27.9. The summed E-state index contributed by atoms with van der Waals surface area (Å²) in [5, 5.41) is 0. The Kier molecular flexibility index (Phi) is 6.87. The van der Waals surface area contributed by atoms with Crippen molar-refractivity contribution in [3.8, 4) is 56.2 Å². The third-order valence-corrected chi connectivity index (χ3v) is 9.16. The molecule has 3 heterocycles. The van der Waals surface area contributed by atoms with Crippen molar-refractivity contribution in [2.45, 2.75) is 0 Å². The molecule has 0 bridgehead atoms. The van der Waals surface area contributed by atoms with Crippen molar-refractivity contribution < 1.29 is 0 Å². The highest BCUT2D eigenvalue weighted by Crippen LogP contribution is 2.41. The Bertz CT molecular complexity index is 2290. The van der Waals surface area contributed by atoms with E-state index < -0.39 is 0 Å². The van der Waals surface area contributed by atoms with Crippen LogP contribution in [0.4, 0.5) is 5.69 Å². The van der Waals surface area contributed by atoms with Crippen LogP contribution in [-0.4, -0.2) is 21.8 Å². The molecule has 0 spiro atoms. The molecule has 4 nitrogen and oxygen atoms in total. The normalized spacial score (nSPS) is 13.0. The van der Waals surface area contributed by atoms with E-state index in [9.17, 15) is 0 Å². The van der Waals surface area contributed by atoms with Crippen LogP contribution in [0, 0.1) is 0 Å². The second-order valence-electron chi connectivity index (χ2n) is 12.1. The minimum Gasteiger partial charge on any atom is -0.382 e. The lowest BCUT2D eigenvalue weighted by molar-refractivity contribution is 1.04. The molecule has 7 aromatic rings. The van der Waals surface area contributed by atoms with E-state index in [1.54, 1.807) is 0 Å². The van der Waals surface area contributed by atoms with E-state index in [0.717, 1.165) is 22.4 Å². The highest BCUT2D eigenvalue weighted by molar-refractivity contribution is 6.84. The van der Waals surface area contributed by atoms with E-state index in [-0.39, 0.29) is 6.85 Å². The van der Waals surface area contributed by atoms with Crippen LogP contribution in [0.2, 0.25) is 0 Å². The molecule has 0 amide bonds. The average molecular weight is 613 g/mol. The number of allylic oxidation sites excluding steroid dienone is 2. The lowest BCUT2D eigenvalue weighted by Crippen LogP contribution is -2.49. The SMILES string of the molecule is C1=CC(c2nc(-c3ccccc3)nc(-c3ccccc3)n2)=CN2B1c1ccc(-c3ccccc3-c3ccccc3)cc1-c1ccccc12. The van der Waals surface area contributed by atoms with Gasteiger partial charge in [-0.15, -0.1) is 0 Å². The number of nitrogens with zero attached hydrogens (tertiary/aromatic N) is 4. The summed E-state index contributed by atoms with van der Waals surface area (Å²) in [4.78, 5) is 17.2. The van der Waals surface area contributed by atoms with Gasteiger partial charge >= 0.3 is 6.85 Å². The molecule has 2 aliphatic rings. The summed E-state index contributed by atoms with van der Waals surface area (Å²) in [6.07, 6.45) is 4.36. The van der Waals surface area contributed by atoms with Crippen LogP contribution in [0.15, 0.2) is 176 Å². The molecule has 48 heavy (non-hydrogen) atoms. The van der Waals surface area contributed by atoms with Crippen LogP contribution in [0.3, 0.4) is 0 Å². The Hall–Kier alpha value is -6.33. The second-order valence-corrected chi connectivity index (χ2v) is 12.1. The van der Waals surface area contributed by atoms with Crippen LogP contribution in [0.1, 0.15) is 5.82 Å². The van der Waals surface area contributed by atoms with E-state index in [1.165, 1.54) is 38.8 Å². The van der Waals surface area contributed by atoms with Gasteiger partial charge < -0.3 is 4.81 Å². The van der Waals surface area contributed by atoms with Crippen molar-refractivity contribution in [1.29, 1.82) is 0 Å². The van der Waals surface area contributed by atoms with Crippen molar-refractivity contribution in [3.05, 3.63) is 182 Å². The van der Waals surface area contributed by atoms with Crippen LogP contribution < -0.4 is 10.3 Å². The summed E-state index contributed by atoms with van der Waals surface area (Å²) in [5.74, 6) is 4.23. The molecule has 0 unspecified atom stereocenters. The number of anilines is 1. The number of rotatable bonds is 5. The topological polar surface area (TPSA) is 41.9 Å². The lowest BCUT2D eigenvalue weighted by atomic mass is 9.49. The number of hydrogen-bond acceptors (Lipinski definition) is 4. The summed E-state index contributed by atoms with van der Waals surface area (Å²) in [7, 11) is 0. The highest BCUT2D eigenvalue weighted by atomic mass is 15.1. The fourth-order valence-corrected chi connectivity index (χ4v) is 6.85. The summed E-state index contributed by atoms with van der Waals surface area (Å²) < 4.78 is 0. The zero-order valence-corrected chi connectivity index (χ0v) is 26.1. The largest absolute Gasteiger partial charge is 0.382 e. The predicted molar refractivity (Wildman–Crippen MR) is 198 cm³/mol. The van der Waals surface area contributed by atoms with Crippen LogP contribution in [0.5, 0.6) is 0 Å². The molecule has 0 saturated heterocycles. The van der Waals surface area contributed by atoms with Crippen LogP contribution in [0.25, 0.3) is 61.7 Å². The summed E-state index contributed by atoms with van der Waals surface area (Å²) >= 11 is 0. The first-order valence-corrected chi connectivity index (χ1v) is 16.2. The average Bonchev–Trinajstić information content (AvgIpc) is 3.18. The summed E-state index contributed by atoms with van der Waals surface area (Å²) in [6, 6.07) is 55.2. The minimum absolute atomic E-state index is 0.0427. The molecule has 2 aliphatic heterocycles. The number of para-hydroxylation sites is 1. The zero-order valence-electron chi connectivity index (χ0n) is 26.1. The van der Waals surface area contributed by atoms with Crippen LogP contribution in [-0.2, 0) is 0 Å². The van der Waals surface area contributed by atoms with E-state index in [4.69, 9.17) is 15.0 Å². The fraction of sp³-hybridized carbons (Fsp3) is 0. The van der Waals surface area contributed by atoms with Crippen molar-refractivity contribution in [1.82, 2.24) is 15.0 Å². The Morgan fingerprint density at radius 1 is 0.417 bits per heavy atom. The molecular weight excluding hydrogens is 583 g/mol. The van der Waals surface area contributed by atoms with Gasteiger partial charge in [-0.3, -0.25) is 0 Å². The molecule has 0 N–H and O–H groups in total. The van der Waals surface area contributed by atoms with E-state index in [1.807, 2.05) is 60.7 Å². The number of hydrogen-bond donors (Lipinski definition) is 0. The molecule has 224 valence electrons. The van der Waals surface area contributed by atoms with Crippen molar-refractivity contribution >= 4 is 23.6 Å². The van der Waals surface area contributed by atoms with Gasteiger partial charge in [-0.1, -0.05) is 158 Å². The molecule has 9 rings (SSSR count). The van der Waals surface area contributed by atoms with E-state index >= 15 is 0 Å². The first-order valence-electron chi connectivity index (χ1n) is 16.2. The molecule has 5 heteroatoms. The lowest BCUT2D eigenvalue weighted by Gasteiger charge is -2.37. The number of benzene rings is 6. The Labute approximate surface area is 280 Å². The van der Waals surface area contributed by atoms with Gasteiger partial charge in [-0.2, -0.15) is 0 Å². The first-order chi connectivity index (χ1) is 23.8. The second kappa shape index (κ2) is 11.8. The maximum Gasteiger partial charge on any atom is 0.320 e. The van der Waals surface area contributed by atoms with Crippen molar-refractivity contribution in [2.24, 2.45) is 0 Å². The van der Waals surface area contributed by atoms with Gasteiger partial charge in [0.05, 0.1) is 0 Å². The molecule has 6 aromatic carbocycles. The maximum atomic E-state index is 5.00. The van der Waals surface area contributed by atoms with Gasteiger partial charge in [0.1, 0.15) is 0 Å².